The Kier molecular flexibility index (Phi) is 3.54. The van der Waals surface area contributed by atoms with Crippen LogP contribution in [0.1, 0.15) is 12.5 Å². The van der Waals surface area contributed by atoms with Gasteiger partial charge in [0.05, 0.1) is 17.4 Å². The first-order chi connectivity index (χ1) is 7.83. The first-order valence-electron chi connectivity index (χ1n) is 5.68. The highest BCUT2D eigenvalue weighted by Gasteiger charge is 2.04. The molecule has 3 N–H and O–H groups in total. The molecule has 1 aromatic heterocycles. The Balaban J connectivity index is 2.13. The molecule has 0 saturated heterocycles. The predicted octanol–water partition coefficient (Wildman–Crippen LogP) is 1.34. The number of nitrogens with zero attached hydrogens (tertiary/aromatic N) is 2. The van der Waals surface area contributed by atoms with Gasteiger partial charge < -0.3 is 10.7 Å². The highest BCUT2D eigenvalue weighted by Crippen LogP contribution is 2.13. The van der Waals surface area contributed by atoms with Gasteiger partial charge in [0, 0.05) is 19.6 Å². The highest BCUT2D eigenvalue weighted by atomic mass is 15.1. The molecule has 0 saturated carbocycles. The first kappa shape index (κ1) is 11.1. The lowest BCUT2D eigenvalue weighted by Gasteiger charge is -2.19. The third-order valence-corrected chi connectivity index (χ3v) is 2.78. The van der Waals surface area contributed by atoms with Gasteiger partial charge in [-0.1, -0.05) is 13.0 Å². The molecule has 0 spiro atoms. The summed E-state index contributed by atoms with van der Waals surface area (Å²) in [6, 6.07) is 6.33. The van der Waals surface area contributed by atoms with Crippen molar-refractivity contribution in [3.05, 3.63) is 30.1 Å². The molecule has 16 heavy (non-hydrogen) atoms. The maximum absolute atomic E-state index is 5.57. The van der Waals surface area contributed by atoms with Crippen LogP contribution in [-0.2, 0) is 6.54 Å². The van der Waals surface area contributed by atoms with Crippen molar-refractivity contribution in [1.29, 1.82) is 0 Å². The van der Waals surface area contributed by atoms with Crippen LogP contribution in [-0.4, -0.2) is 34.5 Å². The van der Waals surface area contributed by atoms with Crippen LogP contribution in [0.25, 0.3) is 11.0 Å². The molecule has 0 amide bonds. The topological polar surface area (TPSA) is 57.9 Å². The van der Waals surface area contributed by atoms with E-state index in [0.29, 0.717) is 6.54 Å². The minimum Gasteiger partial charge on any atom is -0.345 e. The molecule has 1 heterocycles. The summed E-state index contributed by atoms with van der Waals surface area (Å²) in [6.07, 6.45) is 1.73. The molecule has 2 aromatic rings. The van der Waals surface area contributed by atoms with E-state index in [2.05, 4.69) is 40.0 Å². The zero-order valence-corrected chi connectivity index (χ0v) is 9.61. The van der Waals surface area contributed by atoms with Gasteiger partial charge >= 0.3 is 0 Å². The Morgan fingerprint density at radius 2 is 2.31 bits per heavy atom. The lowest BCUT2D eigenvalue weighted by atomic mass is 10.2. The van der Waals surface area contributed by atoms with Crippen molar-refractivity contribution in [2.75, 3.05) is 19.6 Å². The van der Waals surface area contributed by atoms with E-state index < -0.39 is 0 Å². The minimum absolute atomic E-state index is 0.708. The second-order valence-electron chi connectivity index (χ2n) is 3.91. The van der Waals surface area contributed by atoms with Crippen LogP contribution in [0.15, 0.2) is 24.5 Å². The molecule has 0 aliphatic rings. The molecule has 2 rings (SSSR count). The Labute approximate surface area is 95.5 Å². The molecule has 0 radical (unpaired) electrons. The number of nitrogens with two attached hydrogens (primary N) is 1. The summed E-state index contributed by atoms with van der Waals surface area (Å²) in [7, 11) is 0. The predicted molar refractivity (Wildman–Crippen MR) is 66.1 cm³/mol. The number of hydrogen-bond acceptors (Lipinski definition) is 3. The fraction of sp³-hybridized carbons (Fsp3) is 0.417. The Morgan fingerprint density at radius 3 is 3.06 bits per heavy atom. The van der Waals surface area contributed by atoms with E-state index in [9.17, 15) is 0 Å². The van der Waals surface area contributed by atoms with Gasteiger partial charge in [0.25, 0.3) is 0 Å². The summed E-state index contributed by atoms with van der Waals surface area (Å²) in [5.74, 6) is 0. The second-order valence-corrected chi connectivity index (χ2v) is 3.91. The van der Waals surface area contributed by atoms with Gasteiger partial charge in [0.2, 0.25) is 0 Å². The van der Waals surface area contributed by atoms with Gasteiger partial charge in [0.15, 0.2) is 0 Å². The molecule has 0 atom stereocenters. The van der Waals surface area contributed by atoms with Gasteiger partial charge in [0.1, 0.15) is 0 Å². The number of aromatic nitrogens is 2. The number of fused-ring (bicyclic) bond motifs is 1. The van der Waals surface area contributed by atoms with Gasteiger partial charge in [-0.25, -0.2) is 4.98 Å². The van der Waals surface area contributed by atoms with Crippen molar-refractivity contribution in [2.24, 2.45) is 5.73 Å². The first-order valence-corrected chi connectivity index (χ1v) is 5.68. The maximum Gasteiger partial charge on any atom is 0.0931 e. The Hall–Kier alpha value is -1.39. The average molecular weight is 218 g/mol. The molecule has 0 fully saturated rings. The monoisotopic (exact) mass is 218 g/mol. The lowest BCUT2D eigenvalue weighted by molar-refractivity contribution is 0.288. The molecular formula is C12H18N4. The largest absolute Gasteiger partial charge is 0.345 e. The number of likely N-dealkylation sites (N-methyl/N-ethyl adjacent to an activating group) is 1. The quantitative estimate of drug-likeness (QED) is 0.796. The highest BCUT2D eigenvalue weighted by molar-refractivity contribution is 5.74. The molecule has 0 bridgehead atoms. The standard InChI is InChI=1S/C12H18N4/c1-2-16(6-5-13)8-10-3-4-11-12(7-10)15-9-14-11/h3-4,7,9H,2,5-6,8,13H2,1H3,(H,14,15). The van der Waals surface area contributed by atoms with E-state index in [1.165, 1.54) is 5.56 Å². The summed E-state index contributed by atoms with van der Waals surface area (Å²) in [5.41, 5.74) is 8.99. The van der Waals surface area contributed by atoms with E-state index in [1.807, 2.05) is 0 Å². The Morgan fingerprint density at radius 1 is 1.44 bits per heavy atom. The van der Waals surface area contributed by atoms with Crippen molar-refractivity contribution in [2.45, 2.75) is 13.5 Å². The van der Waals surface area contributed by atoms with Crippen LogP contribution >= 0.6 is 0 Å². The third-order valence-electron chi connectivity index (χ3n) is 2.78. The SMILES string of the molecule is CCN(CCN)Cc1ccc2nc[nH]c2c1. The molecule has 4 nitrogen and oxygen atoms in total. The van der Waals surface area contributed by atoms with Crippen molar-refractivity contribution >= 4 is 11.0 Å². The number of rotatable bonds is 5. The normalized spacial score (nSPS) is 11.4. The van der Waals surface area contributed by atoms with Crippen molar-refractivity contribution < 1.29 is 0 Å². The molecule has 86 valence electrons. The molecule has 0 unspecified atom stereocenters. The van der Waals surface area contributed by atoms with Crippen molar-refractivity contribution in [3.8, 4) is 0 Å². The van der Waals surface area contributed by atoms with Crippen LogP contribution in [0, 0.1) is 0 Å². The summed E-state index contributed by atoms with van der Waals surface area (Å²) in [5, 5.41) is 0. The number of H-pyrrole nitrogens is 1. The van der Waals surface area contributed by atoms with E-state index in [-0.39, 0.29) is 0 Å². The van der Waals surface area contributed by atoms with Gasteiger partial charge in [-0.2, -0.15) is 0 Å². The van der Waals surface area contributed by atoms with E-state index >= 15 is 0 Å². The van der Waals surface area contributed by atoms with Gasteiger partial charge in [-0.3, -0.25) is 4.90 Å². The summed E-state index contributed by atoms with van der Waals surface area (Å²) in [4.78, 5) is 9.67. The van der Waals surface area contributed by atoms with Crippen LogP contribution in [0.5, 0.6) is 0 Å². The lowest BCUT2D eigenvalue weighted by Crippen LogP contribution is -2.28. The van der Waals surface area contributed by atoms with E-state index in [4.69, 9.17) is 5.73 Å². The smallest absolute Gasteiger partial charge is 0.0931 e. The summed E-state index contributed by atoms with van der Waals surface area (Å²) in [6.45, 7) is 5.78. The molecule has 1 aromatic carbocycles. The zero-order valence-electron chi connectivity index (χ0n) is 9.61. The van der Waals surface area contributed by atoms with E-state index in [0.717, 1.165) is 30.7 Å². The van der Waals surface area contributed by atoms with Crippen molar-refractivity contribution in [1.82, 2.24) is 14.9 Å². The summed E-state index contributed by atoms with van der Waals surface area (Å²) >= 11 is 0. The number of imidazole rings is 1. The number of benzene rings is 1. The fourth-order valence-electron chi connectivity index (χ4n) is 1.87. The Bertz CT molecular complexity index is 449. The van der Waals surface area contributed by atoms with Gasteiger partial charge in [-0.15, -0.1) is 0 Å². The van der Waals surface area contributed by atoms with Gasteiger partial charge in [-0.05, 0) is 24.2 Å². The van der Waals surface area contributed by atoms with Crippen LogP contribution < -0.4 is 5.73 Å². The van der Waals surface area contributed by atoms with E-state index in [1.54, 1.807) is 6.33 Å². The van der Waals surface area contributed by atoms with Crippen LogP contribution in [0.4, 0.5) is 0 Å². The molecule has 0 aliphatic heterocycles. The molecule has 4 heteroatoms. The number of nitrogens with one attached hydrogen (secondary N) is 1. The van der Waals surface area contributed by atoms with Crippen LogP contribution in [0.3, 0.4) is 0 Å². The fourth-order valence-corrected chi connectivity index (χ4v) is 1.87. The third kappa shape index (κ3) is 2.40. The van der Waals surface area contributed by atoms with Crippen LogP contribution in [0.2, 0.25) is 0 Å². The minimum atomic E-state index is 0.708. The number of aromatic amines is 1. The molecular weight excluding hydrogens is 200 g/mol. The summed E-state index contributed by atoms with van der Waals surface area (Å²) < 4.78 is 0. The average Bonchev–Trinajstić information content (AvgIpc) is 2.75. The number of hydrogen-bond donors (Lipinski definition) is 2. The second kappa shape index (κ2) is 5.09. The maximum atomic E-state index is 5.57. The van der Waals surface area contributed by atoms with Crippen molar-refractivity contribution in [3.63, 3.8) is 0 Å². The zero-order chi connectivity index (χ0) is 11.4. The molecule has 0 aliphatic carbocycles.